The van der Waals surface area contributed by atoms with Crippen LogP contribution in [0.4, 0.5) is 8.78 Å². The highest BCUT2D eigenvalue weighted by molar-refractivity contribution is 6.32. The minimum Gasteiger partial charge on any atom is -0.495 e. The van der Waals surface area contributed by atoms with E-state index in [0.717, 1.165) is 12.8 Å². The number of rotatable bonds is 8. The van der Waals surface area contributed by atoms with E-state index >= 15 is 0 Å². The molecule has 35 heavy (non-hydrogen) atoms. The molecule has 0 aromatic heterocycles. The molecule has 4 rings (SSSR count). The van der Waals surface area contributed by atoms with Crippen LogP contribution in [-0.2, 0) is 4.79 Å². The van der Waals surface area contributed by atoms with E-state index in [1.54, 1.807) is 36.4 Å². The van der Waals surface area contributed by atoms with Gasteiger partial charge in [0.25, 0.3) is 5.92 Å². The number of aliphatic carboxylic acids is 1. The molecule has 2 aliphatic rings. The van der Waals surface area contributed by atoms with Crippen LogP contribution in [0.2, 0.25) is 5.02 Å². The number of carboxylic acid groups (broad SMARTS) is 1. The summed E-state index contributed by atoms with van der Waals surface area (Å²) in [7, 11) is 1.50. The van der Waals surface area contributed by atoms with Crippen LogP contribution < -0.4 is 9.47 Å². The van der Waals surface area contributed by atoms with Gasteiger partial charge in [-0.15, -0.1) is 0 Å². The van der Waals surface area contributed by atoms with Gasteiger partial charge >= 0.3 is 5.97 Å². The Kier molecular flexibility index (Phi) is 7.09. The van der Waals surface area contributed by atoms with Crippen molar-refractivity contribution in [3.8, 4) is 22.6 Å². The number of carboxylic acids is 1. The van der Waals surface area contributed by atoms with Gasteiger partial charge in [0.15, 0.2) is 5.78 Å². The third kappa shape index (κ3) is 5.45. The highest BCUT2D eigenvalue weighted by Crippen LogP contribution is 2.45. The first-order valence-electron chi connectivity index (χ1n) is 11.8. The van der Waals surface area contributed by atoms with Crippen LogP contribution in [0.15, 0.2) is 36.4 Å². The lowest BCUT2D eigenvalue weighted by molar-refractivity contribution is -0.151. The Morgan fingerprint density at radius 1 is 1.09 bits per heavy atom. The Hall–Kier alpha value is -2.67. The molecule has 0 spiro atoms. The first kappa shape index (κ1) is 25.4. The molecule has 2 aromatic carbocycles. The predicted molar refractivity (Wildman–Crippen MR) is 129 cm³/mol. The van der Waals surface area contributed by atoms with E-state index in [2.05, 4.69) is 6.92 Å². The largest absolute Gasteiger partial charge is 0.495 e. The lowest BCUT2D eigenvalue weighted by atomic mass is 9.68. The fraction of sp³-hybridized carbons (Fsp3) is 0.481. The first-order valence-corrected chi connectivity index (χ1v) is 12.2. The molecule has 0 saturated heterocycles. The molecule has 8 heteroatoms. The number of hydrogen-bond donors (Lipinski definition) is 1. The van der Waals surface area contributed by atoms with Crippen LogP contribution in [0.25, 0.3) is 11.1 Å². The molecule has 0 heterocycles. The van der Waals surface area contributed by atoms with E-state index < -0.39 is 23.4 Å². The molecule has 2 saturated carbocycles. The summed E-state index contributed by atoms with van der Waals surface area (Å²) < 4.78 is 37.8. The standard InChI is InChI=1S/C27H29ClF2O5/c1-16-7-9-26(10-8-16,25(32)33)15-22(31)18-4-5-23(35-19-13-27(29,30)14-19)20(11-18)17-3-6-24(34-2)21(28)12-17/h3-6,11-12,16,19H,7-10,13-15H2,1-2H3,(H,32,33). The van der Waals surface area contributed by atoms with Crippen molar-refractivity contribution in [2.24, 2.45) is 11.3 Å². The second-order valence-electron chi connectivity index (χ2n) is 9.93. The van der Waals surface area contributed by atoms with Crippen LogP contribution in [0.3, 0.4) is 0 Å². The Bertz CT molecular complexity index is 1120. The number of hydrogen-bond acceptors (Lipinski definition) is 4. The third-order valence-corrected chi connectivity index (χ3v) is 7.59. The minimum atomic E-state index is -2.73. The Balaban J connectivity index is 1.65. The molecule has 2 fully saturated rings. The fourth-order valence-electron chi connectivity index (χ4n) is 4.93. The van der Waals surface area contributed by atoms with Crippen LogP contribution in [-0.4, -0.2) is 36.0 Å². The molecular formula is C27H29ClF2O5. The molecule has 5 nitrogen and oxygen atoms in total. The second-order valence-corrected chi connectivity index (χ2v) is 10.3. The summed E-state index contributed by atoms with van der Waals surface area (Å²) in [4.78, 5) is 25.4. The molecule has 0 bridgehead atoms. The van der Waals surface area contributed by atoms with Gasteiger partial charge in [-0.3, -0.25) is 9.59 Å². The number of Topliss-reactive ketones (excluding diaryl/α,β-unsaturated/α-hetero) is 1. The predicted octanol–water partition coefficient (Wildman–Crippen LogP) is 7.05. The van der Waals surface area contributed by atoms with Gasteiger partial charge in [-0.05, 0) is 67.5 Å². The maximum Gasteiger partial charge on any atom is 0.310 e. The topological polar surface area (TPSA) is 72.8 Å². The molecule has 0 unspecified atom stereocenters. The number of ether oxygens (including phenoxy) is 2. The molecular weight excluding hydrogens is 478 g/mol. The van der Waals surface area contributed by atoms with Crippen LogP contribution in [0, 0.1) is 11.3 Å². The molecule has 0 atom stereocenters. The maximum absolute atomic E-state index is 13.4. The maximum atomic E-state index is 13.4. The quantitative estimate of drug-likeness (QED) is 0.388. The normalized spacial score (nSPS) is 23.9. The number of methoxy groups -OCH3 is 1. The van der Waals surface area contributed by atoms with Gasteiger partial charge in [-0.1, -0.05) is 24.6 Å². The number of carbonyl (C=O) groups is 2. The highest BCUT2D eigenvalue weighted by atomic mass is 35.5. The zero-order chi connectivity index (χ0) is 25.4. The molecule has 0 radical (unpaired) electrons. The average molecular weight is 507 g/mol. The molecule has 2 aliphatic carbocycles. The molecule has 188 valence electrons. The van der Waals surface area contributed by atoms with Gasteiger partial charge in [-0.2, -0.15) is 0 Å². The number of halogens is 3. The Morgan fingerprint density at radius 3 is 2.31 bits per heavy atom. The van der Waals surface area contributed by atoms with Gasteiger partial charge in [0, 0.05) is 30.4 Å². The van der Waals surface area contributed by atoms with Crippen LogP contribution in [0.5, 0.6) is 11.5 Å². The van der Waals surface area contributed by atoms with Crippen molar-refractivity contribution >= 4 is 23.4 Å². The summed E-state index contributed by atoms with van der Waals surface area (Å²) in [6.07, 6.45) is 1.03. The Labute approximate surface area is 208 Å². The van der Waals surface area contributed by atoms with Gasteiger partial charge in [-0.25, -0.2) is 8.78 Å². The molecule has 0 amide bonds. The van der Waals surface area contributed by atoms with Crippen LogP contribution in [0.1, 0.15) is 62.2 Å². The monoisotopic (exact) mass is 506 g/mol. The number of ketones is 1. The van der Waals surface area contributed by atoms with Crippen molar-refractivity contribution in [2.75, 3.05) is 7.11 Å². The zero-order valence-electron chi connectivity index (χ0n) is 19.8. The van der Waals surface area contributed by atoms with E-state index in [4.69, 9.17) is 21.1 Å². The van der Waals surface area contributed by atoms with Crippen LogP contribution >= 0.6 is 11.6 Å². The minimum absolute atomic E-state index is 0.0904. The lowest BCUT2D eigenvalue weighted by Gasteiger charge is -2.36. The summed E-state index contributed by atoms with van der Waals surface area (Å²) in [5.74, 6) is -2.66. The second kappa shape index (κ2) is 9.76. The van der Waals surface area contributed by atoms with E-state index in [1.165, 1.54) is 7.11 Å². The van der Waals surface area contributed by atoms with E-state index in [9.17, 15) is 23.5 Å². The van der Waals surface area contributed by atoms with Crippen molar-refractivity contribution < 1.29 is 33.0 Å². The SMILES string of the molecule is COc1ccc(-c2cc(C(=O)CC3(C(=O)O)CCC(C)CC3)ccc2OC2CC(F)(F)C2)cc1Cl. The van der Waals surface area contributed by atoms with Crippen molar-refractivity contribution in [1.82, 2.24) is 0 Å². The average Bonchev–Trinajstić information content (AvgIpc) is 2.79. The summed E-state index contributed by atoms with van der Waals surface area (Å²) in [5.41, 5.74) is 0.431. The summed E-state index contributed by atoms with van der Waals surface area (Å²) in [5, 5.41) is 10.3. The molecule has 1 N–H and O–H groups in total. The van der Waals surface area contributed by atoms with Gasteiger partial charge in [0.2, 0.25) is 0 Å². The summed E-state index contributed by atoms with van der Waals surface area (Å²) in [6.45, 7) is 2.09. The van der Waals surface area contributed by atoms with Crippen molar-refractivity contribution in [1.29, 1.82) is 0 Å². The number of carbonyl (C=O) groups excluding carboxylic acids is 1. The first-order chi connectivity index (χ1) is 16.5. The summed E-state index contributed by atoms with van der Waals surface area (Å²) in [6, 6.07) is 9.88. The fourth-order valence-corrected chi connectivity index (χ4v) is 5.18. The third-order valence-electron chi connectivity index (χ3n) is 7.29. The highest BCUT2D eigenvalue weighted by Gasteiger charge is 2.47. The zero-order valence-corrected chi connectivity index (χ0v) is 20.5. The van der Waals surface area contributed by atoms with Gasteiger partial charge in [0.05, 0.1) is 17.5 Å². The van der Waals surface area contributed by atoms with Gasteiger partial charge < -0.3 is 14.6 Å². The molecule has 0 aliphatic heterocycles. The molecule has 2 aromatic rings. The van der Waals surface area contributed by atoms with Crippen molar-refractivity contribution in [3.05, 3.63) is 47.0 Å². The smallest absolute Gasteiger partial charge is 0.310 e. The van der Waals surface area contributed by atoms with Gasteiger partial charge in [0.1, 0.15) is 17.6 Å². The Morgan fingerprint density at radius 2 is 1.74 bits per heavy atom. The van der Waals surface area contributed by atoms with E-state index in [0.29, 0.717) is 52.0 Å². The number of benzene rings is 2. The number of alkyl halides is 2. The van der Waals surface area contributed by atoms with Crippen molar-refractivity contribution in [3.63, 3.8) is 0 Å². The lowest BCUT2D eigenvalue weighted by Crippen LogP contribution is -2.43. The van der Waals surface area contributed by atoms with E-state index in [1.807, 2.05) is 0 Å². The van der Waals surface area contributed by atoms with E-state index in [-0.39, 0.29) is 25.0 Å². The van der Waals surface area contributed by atoms with Crippen molar-refractivity contribution in [2.45, 2.75) is 63.9 Å². The summed E-state index contributed by atoms with van der Waals surface area (Å²) >= 11 is 6.31.